The number of benzene rings is 1. The van der Waals surface area contributed by atoms with Crippen LogP contribution < -0.4 is 5.56 Å². The molecule has 2 heterocycles. The third kappa shape index (κ3) is 4.35. The molecule has 6 nitrogen and oxygen atoms in total. The van der Waals surface area contributed by atoms with E-state index in [0.717, 1.165) is 12.1 Å². The Labute approximate surface area is 152 Å². The number of alkyl halides is 3. The molecule has 0 aliphatic carbocycles. The Morgan fingerprint density at radius 3 is 2.59 bits per heavy atom. The summed E-state index contributed by atoms with van der Waals surface area (Å²) in [6, 6.07) is 5.99. The molecule has 1 aliphatic heterocycles. The number of aromatic amines is 1. The number of halogens is 3. The molecule has 0 bridgehead atoms. The highest BCUT2D eigenvalue weighted by atomic mass is 19.4. The van der Waals surface area contributed by atoms with E-state index in [4.69, 9.17) is 9.26 Å². The summed E-state index contributed by atoms with van der Waals surface area (Å²) >= 11 is 0. The summed E-state index contributed by atoms with van der Waals surface area (Å²) in [5, 5.41) is 2.25. The van der Waals surface area contributed by atoms with Gasteiger partial charge in [-0.15, -0.1) is 0 Å². The summed E-state index contributed by atoms with van der Waals surface area (Å²) < 4.78 is 48.2. The molecule has 3 rings (SSSR count). The number of aromatic nitrogens is 1. The van der Waals surface area contributed by atoms with Crippen LogP contribution in [0.3, 0.4) is 0 Å². The fraction of sp³-hybridized carbons (Fsp3) is 0.444. The van der Waals surface area contributed by atoms with Crippen LogP contribution in [0.25, 0.3) is 0 Å². The van der Waals surface area contributed by atoms with E-state index in [1.807, 2.05) is 0 Å². The van der Waals surface area contributed by atoms with Crippen LogP contribution in [0.4, 0.5) is 18.0 Å². The quantitative estimate of drug-likeness (QED) is 0.878. The predicted molar refractivity (Wildman–Crippen MR) is 89.4 cm³/mol. The second-order valence-electron chi connectivity index (χ2n) is 6.55. The van der Waals surface area contributed by atoms with E-state index in [-0.39, 0.29) is 17.5 Å². The van der Waals surface area contributed by atoms with Gasteiger partial charge in [0.15, 0.2) is 0 Å². The van der Waals surface area contributed by atoms with E-state index in [1.54, 1.807) is 4.90 Å². The molecule has 0 unspecified atom stereocenters. The van der Waals surface area contributed by atoms with Crippen LogP contribution in [-0.2, 0) is 17.3 Å². The predicted octanol–water partition coefficient (Wildman–Crippen LogP) is 3.54. The molecule has 9 heteroatoms. The summed E-state index contributed by atoms with van der Waals surface area (Å²) in [5.74, 6) is 0.450. The lowest BCUT2D eigenvalue weighted by molar-refractivity contribution is -0.137. The Hall–Kier alpha value is -2.71. The van der Waals surface area contributed by atoms with Crippen LogP contribution in [0.15, 0.2) is 39.6 Å². The molecule has 2 atom stereocenters. The lowest BCUT2D eigenvalue weighted by Crippen LogP contribution is -2.46. The van der Waals surface area contributed by atoms with Crippen LogP contribution in [0.1, 0.15) is 35.6 Å². The van der Waals surface area contributed by atoms with Crippen molar-refractivity contribution in [3.8, 4) is 0 Å². The zero-order valence-electron chi connectivity index (χ0n) is 14.6. The molecule has 1 amide bonds. The van der Waals surface area contributed by atoms with Crippen LogP contribution in [0.5, 0.6) is 0 Å². The van der Waals surface area contributed by atoms with Crippen molar-refractivity contribution in [3.05, 3.63) is 57.6 Å². The topological polar surface area (TPSA) is 75.5 Å². The Bertz CT molecular complexity index is 841. The van der Waals surface area contributed by atoms with E-state index >= 15 is 0 Å². The molecule has 0 radical (unpaired) electrons. The highest BCUT2D eigenvalue weighted by Crippen LogP contribution is 2.34. The average molecular weight is 384 g/mol. The highest BCUT2D eigenvalue weighted by molar-refractivity contribution is 5.68. The first-order valence-electron chi connectivity index (χ1n) is 8.47. The molecule has 1 aromatic heterocycles. The van der Waals surface area contributed by atoms with Crippen LogP contribution in [0.2, 0.25) is 0 Å². The number of hydrogen-bond donors (Lipinski definition) is 1. The third-order valence-electron chi connectivity index (χ3n) is 4.82. The van der Waals surface area contributed by atoms with Gasteiger partial charge in [-0.3, -0.25) is 4.79 Å². The Morgan fingerprint density at radius 1 is 1.33 bits per heavy atom. The maximum Gasteiger partial charge on any atom is 0.416 e. The van der Waals surface area contributed by atoms with Crippen molar-refractivity contribution in [3.63, 3.8) is 0 Å². The van der Waals surface area contributed by atoms with Crippen molar-refractivity contribution in [2.75, 3.05) is 13.7 Å². The number of ether oxygens (including phenoxy) is 1. The number of carbonyl (C=O) groups excluding carboxylic acids is 1. The van der Waals surface area contributed by atoms with Gasteiger partial charge >= 0.3 is 12.3 Å². The normalized spacial score (nSPS) is 20.5. The smallest absolute Gasteiger partial charge is 0.416 e. The van der Waals surface area contributed by atoms with Gasteiger partial charge in [-0.05, 0) is 37.0 Å². The van der Waals surface area contributed by atoms with Gasteiger partial charge in [0, 0.05) is 24.6 Å². The summed E-state index contributed by atoms with van der Waals surface area (Å²) in [6.45, 7) is 0.400. The van der Waals surface area contributed by atoms with Crippen molar-refractivity contribution in [1.29, 1.82) is 0 Å². The summed E-state index contributed by atoms with van der Waals surface area (Å²) in [7, 11) is 1.29. The molecule has 0 saturated carbocycles. The Morgan fingerprint density at radius 2 is 2.04 bits per heavy atom. The number of amides is 1. The molecule has 146 valence electrons. The number of piperidine rings is 1. The first-order chi connectivity index (χ1) is 12.8. The fourth-order valence-corrected chi connectivity index (χ4v) is 3.46. The summed E-state index contributed by atoms with van der Waals surface area (Å²) in [4.78, 5) is 25.0. The highest BCUT2D eigenvalue weighted by Gasteiger charge is 2.35. The van der Waals surface area contributed by atoms with Gasteiger partial charge in [-0.25, -0.2) is 4.79 Å². The molecule has 27 heavy (non-hydrogen) atoms. The van der Waals surface area contributed by atoms with Gasteiger partial charge in [0.05, 0.1) is 12.7 Å². The van der Waals surface area contributed by atoms with Gasteiger partial charge in [0.25, 0.3) is 5.56 Å². The van der Waals surface area contributed by atoms with Crippen LogP contribution in [0, 0.1) is 0 Å². The fourth-order valence-electron chi connectivity index (χ4n) is 3.46. The van der Waals surface area contributed by atoms with E-state index < -0.39 is 17.8 Å². The molecule has 1 aromatic carbocycles. The van der Waals surface area contributed by atoms with Gasteiger partial charge in [-0.2, -0.15) is 18.3 Å². The lowest BCUT2D eigenvalue weighted by atomic mass is 9.86. The number of methoxy groups -OCH3 is 1. The first-order valence-corrected chi connectivity index (χ1v) is 8.47. The van der Waals surface area contributed by atoms with Crippen molar-refractivity contribution in [2.45, 2.75) is 37.4 Å². The standard InChI is InChI=1S/C18H19F3N2O4/c1-26-17(25)23-7-6-12(15-10-16(24)22-27-15)9-14(23)8-11-2-4-13(5-3-11)18(19,20)21/h2-5,10,12,14H,6-9H2,1H3,(H,22,24)/t12-,14+/m0/s1. The third-order valence-corrected chi connectivity index (χ3v) is 4.82. The van der Waals surface area contributed by atoms with E-state index in [9.17, 15) is 22.8 Å². The van der Waals surface area contributed by atoms with Crippen LogP contribution >= 0.6 is 0 Å². The largest absolute Gasteiger partial charge is 0.453 e. The number of H-pyrrole nitrogens is 1. The minimum Gasteiger partial charge on any atom is -0.453 e. The zero-order chi connectivity index (χ0) is 19.6. The molecule has 1 N–H and O–H groups in total. The first kappa shape index (κ1) is 19.1. The molecule has 1 fully saturated rings. The average Bonchev–Trinajstić information content (AvgIpc) is 3.07. The SMILES string of the molecule is COC(=O)N1CC[C@H](c2cc(=O)[nH]o2)C[C@H]1Cc1ccc(C(F)(F)F)cc1. The number of hydrogen-bond acceptors (Lipinski definition) is 4. The van der Waals surface area contributed by atoms with Crippen molar-refractivity contribution >= 4 is 6.09 Å². The second kappa shape index (κ2) is 7.50. The van der Waals surface area contributed by atoms with Crippen molar-refractivity contribution in [1.82, 2.24) is 10.1 Å². The number of nitrogens with zero attached hydrogens (tertiary/aromatic N) is 1. The molecule has 1 aliphatic rings. The number of likely N-dealkylation sites (tertiary alicyclic amines) is 1. The molecule has 0 spiro atoms. The molecule has 2 aromatic rings. The minimum atomic E-state index is -4.39. The molecular weight excluding hydrogens is 365 g/mol. The molecule has 1 saturated heterocycles. The van der Waals surface area contributed by atoms with Crippen molar-refractivity contribution in [2.24, 2.45) is 0 Å². The van der Waals surface area contributed by atoms with Crippen LogP contribution in [-0.4, -0.2) is 35.8 Å². The monoisotopic (exact) mass is 384 g/mol. The summed E-state index contributed by atoms with van der Waals surface area (Å²) in [6.07, 6.45) is -3.39. The maximum absolute atomic E-state index is 12.7. The van der Waals surface area contributed by atoms with Crippen molar-refractivity contribution < 1.29 is 27.2 Å². The Balaban J connectivity index is 1.79. The van der Waals surface area contributed by atoms with E-state index in [2.05, 4.69) is 5.16 Å². The van der Waals surface area contributed by atoms with Gasteiger partial charge < -0.3 is 14.2 Å². The number of nitrogens with one attached hydrogen (secondary N) is 1. The van der Waals surface area contributed by atoms with E-state index in [0.29, 0.717) is 37.1 Å². The Kier molecular flexibility index (Phi) is 5.29. The maximum atomic E-state index is 12.7. The number of rotatable bonds is 3. The second-order valence-corrected chi connectivity index (χ2v) is 6.55. The summed E-state index contributed by atoms with van der Waals surface area (Å²) in [5.41, 5.74) is -0.371. The van der Waals surface area contributed by atoms with Gasteiger partial charge in [0.1, 0.15) is 5.76 Å². The van der Waals surface area contributed by atoms with Gasteiger partial charge in [-0.1, -0.05) is 12.1 Å². The molecular formula is C18H19F3N2O4. The minimum absolute atomic E-state index is 0.0655. The number of carbonyl (C=O) groups is 1. The zero-order valence-corrected chi connectivity index (χ0v) is 14.6. The van der Waals surface area contributed by atoms with Gasteiger partial charge in [0.2, 0.25) is 0 Å². The van der Waals surface area contributed by atoms with E-state index in [1.165, 1.54) is 25.3 Å². The lowest BCUT2D eigenvalue weighted by Gasteiger charge is -2.38.